The third-order valence-electron chi connectivity index (χ3n) is 5.32. The molecule has 9 nitrogen and oxygen atoms in total. The Balaban J connectivity index is 1.48. The third-order valence-corrected chi connectivity index (χ3v) is 5.32. The molecule has 9 heteroatoms. The van der Waals surface area contributed by atoms with E-state index in [1.807, 2.05) is 6.92 Å². The van der Waals surface area contributed by atoms with Crippen LogP contribution in [0.4, 0.5) is 11.4 Å². The van der Waals surface area contributed by atoms with Gasteiger partial charge in [0.05, 0.1) is 25.2 Å². The SMILES string of the molecule is CCCCOC(=O)c1ccc(N2C[C@@H](C(=O)OCC(=O)Nc3ccc(OC)cc3)CC2=O)cc1. The quantitative estimate of drug-likeness (QED) is 0.421. The molecule has 180 valence electrons. The highest BCUT2D eigenvalue weighted by molar-refractivity contribution is 6.00. The molecule has 1 saturated heterocycles. The maximum atomic E-state index is 12.5. The number of hydrogen-bond donors (Lipinski definition) is 1. The molecule has 0 unspecified atom stereocenters. The Morgan fingerprint density at radius 1 is 1.03 bits per heavy atom. The van der Waals surface area contributed by atoms with Crippen molar-refractivity contribution in [2.24, 2.45) is 5.92 Å². The molecule has 1 N–H and O–H groups in total. The number of unbranched alkanes of at least 4 members (excludes halogenated alkanes) is 1. The molecule has 0 aromatic heterocycles. The maximum Gasteiger partial charge on any atom is 0.338 e. The largest absolute Gasteiger partial charge is 0.497 e. The summed E-state index contributed by atoms with van der Waals surface area (Å²) in [7, 11) is 1.54. The van der Waals surface area contributed by atoms with E-state index in [2.05, 4.69) is 5.32 Å². The first-order chi connectivity index (χ1) is 16.4. The monoisotopic (exact) mass is 468 g/mol. The van der Waals surface area contributed by atoms with Crippen LogP contribution in [-0.2, 0) is 23.9 Å². The van der Waals surface area contributed by atoms with Crippen molar-refractivity contribution in [2.45, 2.75) is 26.2 Å². The molecule has 1 atom stereocenters. The minimum absolute atomic E-state index is 0.0141. The van der Waals surface area contributed by atoms with E-state index in [9.17, 15) is 19.2 Å². The highest BCUT2D eigenvalue weighted by Gasteiger charge is 2.36. The normalized spacial score (nSPS) is 15.1. The first-order valence-corrected chi connectivity index (χ1v) is 11.1. The van der Waals surface area contributed by atoms with Gasteiger partial charge in [-0.3, -0.25) is 14.4 Å². The van der Waals surface area contributed by atoms with Gasteiger partial charge in [-0.25, -0.2) is 4.79 Å². The van der Waals surface area contributed by atoms with Crippen LogP contribution in [0.1, 0.15) is 36.5 Å². The summed E-state index contributed by atoms with van der Waals surface area (Å²) >= 11 is 0. The zero-order valence-corrected chi connectivity index (χ0v) is 19.2. The van der Waals surface area contributed by atoms with Gasteiger partial charge in [-0.1, -0.05) is 13.3 Å². The van der Waals surface area contributed by atoms with E-state index in [4.69, 9.17) is 14.2 Å². The second-order valence-corrected chi connectivity index (χ2v) is 7.83. The molecule has 2 aromatic carbocycles. The van der Waals surface area contributed by atoms with Gasteiger partial charge in [0.1, 0.15) is 5.75 Å². The Morgan fingerprint density at radius 3 is 2.38 bits per heavy atom. The minimum Gasteiger partial charge on any atom is -0.497 e. The molecule has 0 radical (unpaired) electrons. The summed E-state index contributed by atoms with van der Waals surface area (Å²) in [6, 6.07) is 13.2. The van der Waals surface area contributed by atoms with Crippen LogP contribution in [0.5, 0.6) is 5.75 Å². The smallest absolute Gasteiger partial charge is 0.338 e. The minimum atomic E-state index is -0.681. The number of nitrogens with zero attached hydrogens (tertiary/aromatic N) is 1. The summed E-state index contributed by atoms with van der Waals surface area (Å²) in [5.41, 5.74) is 1.51. The molecule has 2 aromatic rings. The summed E-state index contributed by atoms with van der Waals surface area (Å²) < 4.78 is 15.4. The second kappa shape index (κ2) is 11.8. The van der Waals surface area contributed by atoms with Crippen LogP contribution >= 0.6 is 0 Å². The Morgan fingerprint density at radius 2 is 1.74 bits per heavy atom. The number of hydrogen-bond acceptors (Lipinski definition) is 7. The van der Waals surface area contributed by atoms with Crippen molar-refractivity contribution >= 4 is 35.1 Å². The highest BCUT2D eigenvalue weighted by atomic mass is 16.5. The fourth-order valence-electron chi connectivity index (χ4n) is 3.41. The van der Waals surface area contributed by atoms with Gasteiger partial charge in [0.15, 0.2) is 6.61 Å². The average molecular weight is 469 g/mol. The number of methoxy groups -OCH3 is 1. The first kappa shape index (κ1) is 24.8. The van der Waals surface area contributed by atoms with Crippen LogP contribution < -0.4 is 15.0 Å². The Bertz CT molecular complexity index is 1020. The molecule has 1 heterocycles. The molecule has 1 aliphatic heterocycles. The van der Waals surface area contributed by atoms with Gasteiger partial charge in [-0.05, 0) is 55.0 Å². The molecular weight excluding hydrogens is 440 g/mol. The molecule has 0 spiro atoms. The predicted molar refractivity (Wildman–Crippen MR) is 125 cm³/mol. The predicted octanol–water partition coefficient (Wildman–Crippen LogP) is 3.19. The number of nitrogens with one attached hydrogen (secondary N) is 1. The van der Waals surface area contributed by atoms with Crippen LogP contribution in [0.2, 0.25) is 0 Å². The molecule has 1 fully saturated rings. The summed E-state index contributed by atoms with van der Waals surface area (Å²) in [6.45, 7) is 2.06. The van der Waals surface area contributed by atoms with E-state index < -0.39 is 30.4 Å². The lowest BCUT2D eigenvalue weighted by molar-refractivity contribution is -0.151. The van der Waals surface area contributed by atoms with Crippen LogP contribution in [0.3, 0.4) is 0 Å². The lowest BCUT2D eigenvalue weighted by atomic mass is 10.1. The maximum absolute atomic E-state index is 12.5. The van der Waals surface area contributed by atoms with Crippen molar-refractivity contribution in [3.05, 3.63) is 54.1 Å². The van der Waals surface area contributed by atoms with E-state index in [1.165, 1.54) is 4.90 Å². The lowest BCUT2D eigenvalue weighted by Gasteiger charge is -2.17. The lowest BCUT2D eigenvalue weighted by Crippen LogP contribution is -2.28. The summed E-state index contributed by atoms with van der Waals surface area (Å²) in [6.07, 6.45) is 1.71. The van der Waals surface area contributed by atoms with Crippen molar-refractivity contribution in [1.82, 2.24) is 0 Å². The number of rotatable bonds is 10. The van der Waals surface area contributed by atoms with Crippen molar-refractivity contribution < 1.29 is 33.4 Å². The van der Waals surface area contributed by atoms with E-state index in [0.29, 0.717) is 29.3 Å². The topological polar surface area (TPSA) is 111 Å². The van der Waals surface area contributed by atoms with E-state index in [-0.39, 0.29) is 18.9 Å². The number of amides is 2. The van der Waals surface area contributed by atoms with Crippen molar-refractivity contribution in [3.8, 4) is 5.75 Å². The summed E-state index contributed by atoms with van der Waals surface area (Å²) in [5.74, 6) is -1.77. The number of carbonyl (C=O) groups is 4. The molecule has 0 aliphatic carbocycles. The van der Waals surface area contributed by atoms with Gasteiger partial charge in [-0.2, -0.15) is 0 Å². The van der Waals surface area contributed by atoms with Crippen LogP contribution in [0.25, 0.3) is 0 Å². The molecule has 0 bridgehead atoms. The van der Waals surface area contributed by atoms with Crippen LogP contribution in [0, 0.1) is 5.92 Å². The first-order valence-electron chi connectivity index (χ1n) is 11.1. The standard InChI is InChI=1S/C25H28N2O7/c1-3-4-13-33-24(30)17-5-9-20(10-6-17)27-15-18(14-23(27)29)25(31)34-16-22(28)26-19-7-11-21(32-2)12-8-19/h5-12,18H,3-4,13-16H2,1-2H3,(H,26,28)/t18-/m0/s1. The molecular formula is C25H28N2O7. The van der Waals surface area contributed by atoms with E-state index in [1.54, 1.807) is 55.6 Å². The molecule has 0 saturated carbocycles. The number of anilines is 2. The highest BCUT2D eigenvalue weighted by Crippen LogP contribution is 2.26. The van der Waals surface area contributed by atoms with E-state index in [0.717, 1.165) is 12.8 Å². The van der Waals surface area contributed by atoms with Crippen LogP contribution in [-0.4, -0.2) is 50.6 Å². The van der Waals surface area contributed by atoms with Crippen molar-refractivity contribution in [3.63, 3.8) is 0 Å². The molecule has 2 amide bonds. The van der Waals surface area contributed by atoms with Crippen LogP contribution in [0.15, 0.2) is 48.5 Å². The van der Waals surface area contributed by atoms with Gasteiger partial charge in [0, 0.05) is 24.3 Å². The fourth-order valence-corrected chi connectivity index (χ4v) is 3.41. The van der Waals surface area contributed by atoms with Gasteiger partial charge in [0.2, 0.25) is 5.91 Å². The zero-order valence-electron chi connectivity index (χ0n) is 19.2. The Kier molecular flexibility index (Phi) is 8.61. The van der Waals surface area contributed by atoms with E-state index >= 15 is 0 Å². The Labute approximate surface area is 198 Å². The van der Waals surface area contributed by atoms with Gasteiger partial charge in [0.25, 0.3) is 5.91 Å². The van der Waals surface area contributed by atoms with Gasteiger partial charge < -0.3 is 24.4 Å². The van der Waals surface area contributed by atoms with Crippen molar-refractivity contribution in [2.75, 3.05) is 37.1 Å². The molecule has 34 heavy (non-hydrogen) atoms. The molecule has 3 rings (SSSR count). The fraction of sp³-hybridized carbons (Fsp3) is 0.360. The summed E-state index contributed by atoms with van der Waals surface area (Å²) in [4.78, 5) is 50.4. The Hall–Kier alpha value is -3.88. The summed E-state index contributed by atoms with van der Waals surface area (Å²) in [5, 5.41) is 2.63. The second-order valence-electron chi connectivity index (χ2n) is 7.83. The zero-order chi connectivity index (χ0) is 24.5. The number of carbonyl (C=O) groups excluding carboxylic acids is 4. The molecule has 1 aliphatic rings. The van der Waals surface area contributed by atoms with Gasteiger partial charge >= 0.3 is 11.9 Å². The number of ether oxygens (including phenoxy) is 3. The number of esters is 2. The van der Waals surface area contributed by atoms with Crippen molar-refractivity contribution in [1.29, 1.82) is 0 Å². The number of benzene rings is 2. The van der Waals surface area contributed by atoms with Gasteiger partial charge in [-0.15, -0.1) is 0 Å². The average Bonchev–Trinajstić information content (AvgIpc) is 3.25. The third kappa shape index (κ3) is 6.57.